The molecule has 5 nitrogen and oxygen atoms in total. The Hall–Kier alpha value is -1.62. The second-order valence-corrected chi connectivity index (χ2v) is 3.24. The molecule has 0 aliphatic carbocycles. The Labute approximate surface area is 101 Å². The molecule has 0 heterocycles. The molecule has 0 saturated heterocycles. The predicted molar refractivity (Wildman–Crippen MR) is 62.2 cm³/mol. The average molecular weight is 242 g/mol. The van der Waals surface area contributed by atoms with E-state index in [-0.39, 0.29) is 19.6 Å². The van der Waals surface area contributed by atoms with Gasteiger partial charge in [-0.15, -0.1) is 0 Å². The van der Waals surface area contributed by atoms with Gasteiger partial charge in [-0.05, 0) is 13.8 Å². The normalized spacial score (nSPS) is 12.9. The van der Waals surface area contributed by atoms with E-state index in [9.17, 15) is 14.7 Å². The van der Waals surface area contributed by atoms with Crippen LogP contribution >= 0.6 is 0 Å². The number of carbonyl (C=O) groups is 2. The number of aliphatic hydroxyl groups is 1. The number of rotatable bonds is 7. The number of carbonyl (C=O) groups excluding carboxylic acids is 2. The van der Waals surface area contributed by atoms with Gasteiger partial charge < -0.3 is 14.6 Å². The van der Waals surface area contributed by atoms with Crippen molar-refractivity contribution in [3.8, 4) is 0 Å². The minimum Gasteiger partial charge on any atom is -0.462 e. The minimum atomic E-state index is -0.831. The van der Waals surface area contributed by atoms with Gasteiger partial charge in [0.1, 0.15) is 6.61 Å². The summed E-state index contributed by atoms with van der Waals surface area (Å²) in [7, 11) is 0. The highest BCUT2D eigenvalue weighted by Crippen LogP contribution is 1.95. The van der Waals surface area contributed by atoms with Crippen LogP contribution in [0.25, 0.3) is 0 Å². The molecular formula is C12H18O5. The average Bonchev–Trinajstić information content (AvgIpc) is 2.27. The maximum atomic E-state index is 10.9. The lowest BCUT2D eigenvalue weighted by Crippen LogP contribution is -2.20. The van der Waals surface area contributed by atoms with Crippen molar-refractivity contribution in [1.82, 2.24) is 0 Å². The number of hydrogen-bond acceptors (Lipinski definition) is 5. The van der Waals surface area contributed by atoms with Gasteiger partial charge in [-0.1, -0.05) is 12.2 Å². The Morgan fingerprint density at radius 2 is 1.65 bits per heavy atom. The highest BCUT2D eigenvalue weighted by atomic mass is 16.5. The highest BCUT2D eigenvalue weighted by molar-refractivity contribution is 5.82. The summed E-state index contributed by atoms with van der Waals surface area (Å²) >= 11 is 0. The molecular weight excluding hydrogens is 224 g/mol. The first kappa shape index (κ1) is 15.4. The lowest BCUT2D eigenvalue weighted by Gasteiger charge is -2.10. The lowest BCUT2D eigenvalue weighted by molar-refractivity contribution is -0.143. The largest absolute Gasteiger partial charge is 0.462 e. The van der Waals surface area contributed by atoms with Crippen LogP contribution in [-0.2, 0) is 19.1 Å². The number of hydrogen-bond donors (Lipinski definition) is 1. The Bertz CT molecular complexity index is 293. The van der Waals surface area contributed by atoms with Crippen molar-refractivity contribution in [1.29, 1.82) is 0 Å². The molecule has 0 aromatic rings. The molecule has 0 radical (unpaired) electrons. The van der Waals surface area contributed by atoms with Gasteiger partial charge in [0, 0.05) is 18.6 Å². The summed E-state index contributed by atoms with van der Waals surface area (Å²) in [5.41, 5.74) is 0. The van der Waals surface area contributed by atoms with Crippen molar-refractivity contribution in [3.05, 3.63) is 24.3 Å². The first-order chi connectivity index (χ1) is 8.10. The van der Waals surface area contributed by atoms with E-state index in [0.717, 1.165) is 0 Å². The molecule has 0 aromatic heterocycles. The van der Waals surface area contributed by atoms with Crippen LogP contribution in [0, 0.1) is 0 Å². The van der Waals surface area contributed by atoms with Crippen LogP contribution in [0.15, 0.2) is 24.3 Å². The summed E-state index contributed by atoms with van der Waals surface area (Å²) in [5.74, 6) is -0.955. The van der Waals surface area contributed by atoms with E-state index < -0.39 is 18.0 Å². The zero-order chi connectivity index (χ0) is 13.1. The van der Waals surface area contributed by atoms with Crippen molar-refractivity contribution < 1.29 is 24.2 Å². The number of allylic oxidation sites excluding steroid dienone is 2. The van der Waals surface area contributed by atoms with Crippen LogP contribution in [0.2, 0.25) is 0 Å². The van der Waals surface area contributed by atoms with Gasteiger partial charge in [0.2, 0.25) is 0 Å². The molecule has 0 bridgehead atoms. The van der Waals surface area contributed by atoms with Crippen molar-refractivity contribution in [2.75, 3.05) is 13.2 Å². The maximum Gasteiger partial charge on any atom is 0.330 e. The third-order valence-electron chi connectivity index (χ3n) is 1.72. The molecule has 0 fully saturated rings. The molecule has 0 aliphatic rings. The Morgan fingerprint density at radius 1 is 1.12 bits per heavy atom. The standard InChI is InChI=1S/C12H18O5/c1-3-5-11(14)16-8-7-10(13)9-17-12(15)6-4-2/h3-6,10,13H,7-9H2,1-2H3/b5-3-,6-4-. The minimum absolute atomic E-state index is 0.0888. The number of aliphatic hydroxyl groups excluding tert-OH is 1. The monoisotopic (exact) mass is 242 g/mol. The van der Waals surface area contributed by atoms with Crippen LogP contribution in [0.3, 0.4) is 0 Å². The summed E-state index contributed by atoms with van der Waals surface area (Å²) in [5, 5.41) is 9.40. The molecule has 0 saturated carbocycles. The molecule has 1 unspecified atom stereocenters. The smallest absolute Gasteiger partial charge is 0.330 e. The van der Waals surface area contributed by atoms with E-state index >= 15 is 0 Å². The van der Waals surface area contributed by atoms with E-state index in [1.165, 1.54) is 12.2 Å². The fourth-order valence-electron chi connectivity index (χ4n) is 0.926. The Kier molecular flexibility index (Phi) is 8.68. The molecule has 0 spiro atoms. The van der Waals surface area contributed by atoms with Gasteiger partial charge in [0.15, 0.2) is 0 Å². The van der Waals surface area contributed by atoms with Gasteiger partial charge in [-0.2, -0.15) is 0 Å². The first-order valence-corrected chi connectivity index (χ1v) is 5.37. The fourth-order valence-corrected chi connectivity index (χ4v) is 0.926. The summed E-state index contributed by atoms with van der Waals surface area (Å²) in [6, 6.07) is 0. The van der Waals surface area contributed by atoms with Crippen molar-refractivity contribution in [2.45, 2.75) is 26.4 Å². The van der Waals surface area contributed by atoms with Crippen molar-refractivity contribution >= 4 is 11.9 Å². The second kappa shape index (κ2) is 9.59. The fraction of sp³-hybridized carbons (Fsp3) is 0.500. The molecule has 17 heavy (non-hydrogen) atoms. The zero-order valence-corrected chi connectivity index (χ0v) is 10.1. The quantitative estimate of drug-likeness (QED) is 0.532. The van der Waals surface area contributed by atoms with Crippen LogP contribution in [-0.4, -0.2) is 36.4 Å². The molecule has 0 amide bonds. The van der Waals surface area contributed by atoms with Gasteiger partial charge >= 0.3 is 11.9 Å². The van der Waals surface area contributed by atoms with E-state index in [1.54, 1.807) is 26.0 Å². The molecule has 0 aromatic carbocycles. The zero-order valence-electron chi connectivity index (χ0n) is 10.1. The van der Waals surface area contributed by atoms with E-state index in [1.807, 2.05) is 0 Å². The molecule has 1 atom stereocenters. The highest BCUT2D eigenvalue weighted by Gasteiger charge is 2.07. The van der Waals surface area contributed by atoms with Gasteiger partial charge in [0.05, 0.1) is 12.7 Å². The SMILES string of the molecule is C/C=C\C(=O)OCCC(O)COC(=O)/C=C\C. The maximum absolute atomic E-state index is 10.9. The second-order valence-electron chi connectivity index (χ2n) is 3.24. The molecule has 96 valence electrons. The van der Waals surface area contributed by atoms with E-state index in [0.29, 0.717) is 0 Å². The van der Waals surface area contributed by atoms with Gasteiger partial charge in [0.25, 0.3) is 0 Å². The summed E-state index contributed by atoms with van der Waals surface area (Å²) in [6.45, 7) is 3.38. The van der Waals surface area contributed by atoms with Gasteiger partial charge in [-0.3, -0.25) is 0 Å². The first-order valence-electron chi connectivity index (χ1n) is 5.37. The molecule has 1 N–H and O–H groups in total. The summed E-state index contributed by atoms with van der Waals surface area (Å²) < 4.78 is 9.49. The topological polar surface area (TPSA) is 72.8 Å². The Balaban J connectivity index is 3.63. The lowest BCUT2D eigenvalue weighted by atomic mass is 10.3. The van der Waals surface area contributed by atoms with Crippen LogP contribution in [0.5, 0.6) is 0 Å². The molecule has 5 heteroatoms. The summed E-state index contributed by atoms with van der Waals surface area (Å²) in [6.07, 6.45) is 5.07. The van der Waals surface area contributed by atoms with Crippen molar-refractivity contribution in [2.24, 2.45) is 0 Å². The molecule has 0 aliphatic heterocycles. The number of esters is 2. The van der Waals surface area contributed by atoms with E-state index in [2.05, 4.69) is 0 Å². The third-order valence-corrected chi connectivity index (χ3v) is 1.72. The van der Waals surface area contributed by atoms with Gasteiger partial charge in [-0.25, -0.2) is 9.59 Å². The number of ether oxygens (including phenoxy) is 2. The van der Waals surface area contributed by atoms with Crippen LogP contribution in [0.4, 0.5) is 0 Å². The van der Waals surface area contributed by atoms with Crippen LogP contribution in [0.1, 0.15) is 20.3 Å². The van der Waals surface area contributed by atoms with Crippen molar-refractivity contribution in [3.63, 3.8) is 0 Å². The van der Waals surface area contributed by atoms with E-state index in [4.69, 9.17) is 9.47 Å². The predicted octanol–water partition coefficient (Wildman–Crippen LogP) is 0.976. The van der Waals surface area contributed by atoms with Crippen LogP contribution < -0.4 is 0 Å². The summed E-state index contributed by atoms with van der Waals surface area (Å²) in [4.78, 5) is 21.8. The third kappa shape index (κ3) is 9.32. The molecule has 0 rings (SSSR count). The Morgan fingerprint density at radius 3 is 2.18 bits per heavy atom.